The van der Waals surface area contributed by atoms with Crippen molar-refractivity contribution in [3.05, 3.63) is 30.3 Å². The average molecular weight is 284 g/mol. The first kappa shape index (κ1) is 15.9. The minimum absolute atomic E-state index is 0.307. The molecule has 4 nitrogen and oxygen atoms in total. The van der Waals surface area contributed by atoms with E-state index < -0.39 is 13.2 Å². The van der Waals surface area contributed by atoms with Crippen LogP contribution in [0.1, 0.15) is 33.6 Å². The smallest absolute Gasteiger partial charge is 0.306 e. The van der Waals surface area contributed by atoms with Gasteiger partial charge in [-0.15, -0.1) is 0 Å². The van der Waals surface area contributed by atoms with E-state index in [0.717, 1.165) is 0 Å². The Kier molecular flexibility index (Phi) is 6.26. The van der Waals surface area contributed by atoms with Crippen molar-refractivity contribution in [3.8, 4) is 0 Å². The number of ether oxygens (including phenoxy) is 1. The number of rotatable bonds is 7. The highest BCUT2D eigenvalue weighted by Crippen LogP contribution is 2.51. The molecule has 19 heavy (non-hydrogen) atoms. The number of carbonyl (C=O) groups excluding carboxylic acids is 1. The van der Waals surface area contributed by atoms with Gasteiger partial charge in [0.05, 0.1) is 6.61 Å². The second kappa shape index (κ2) is 7.46. The molecule has 0 aliphatic rings. The third-order valence-electron chi connectivity index (χ3n) is 2.67. The van der Waals surface area contributed by atoms with Crippen molar-refractivity contribution in [1.29, 1.82) is 0 Å². The molecule has 2 unspecified atom stereocenters. The van der Waals surface area contributed by atoms with Gasteiger partial charge in [-0.1, -0.05) is 25.1 Å². The highest BCUT2D eigenvalue weighted by molar-refractivity contribution is 7.67. The van der Waals surface area contributed by atoms with Crippen molar-refractivity contribution in [2.24, 2.45) is 0 Å². The van der Waals surface area contributed by atoms with Crippen molar-refractivity contribution in [3.63, 3.8) is 0 Å². The van der Waals surface area contributed by atoms with Crippen LogP contribution in [0.5, 0.6) is 0 Å². The third-order valence-corrected chi connectivity index (χ3v) is 5.39. The molecule has 106 valence electrons. The van der Waals surface area contributed by atoms with E-state index in [1.54, 1.807) is 38.1 Å². The molecule has 1 rings (SSSR count). The Morgan fingerprint density at radius 1 is 1.26 bits per heavy atom. The Balaban J connectivity index is 2.93. The summed E-state index contributed by atoms with van der Waals surface area (Å²) in [6, 6.07) is 8.90. The summed E-state index contributed by atoms with van der Waals surface area (Å²) in [5, 5.41) is 0.577. The van der Waals surface area contributed by atoms with Gasteiger partial charge in [0.2, 0.25) is 0 Å². The summed E-state index contributed by atoms with van der Waals surface area (Å²) in [4.78, 5) is 11.5. The molecule has 0 fully saturated rings. The zero-order chi connectivity index (χ0) is 14.3. The molecular formula is C14H21O4P. The topological polar surface area (TPSA) is 52.6 Å². The van der Waals surface area contributed by atoms with Crippen molar-refractivity contribution in [1.82, 2.24) is 0 Å². The summed E-state index contributed by atoms with van der Waals surface area (Å²) in [5.41, 5.74) is 0. The fourth-order valence-corrected chi connectivity index (χ4v) is 3.75. The van der Waals surface area contributed by atoms with Crippen molar-refractivity contribution < 1.29 is 18.6 Å². The highest BCUT2D eigenvalue weighted by atomic mass is 31.2. The number of esters is 1. The first-order chi connectivity index (χ1) is 9.04. The molecule has 0 saturated heterocycles. The van der Waals surface area contributed by atoms with Crippen LogP contribution in [0.2, 0.25) is 0 Å². The Labute approximate surface area is 114 Å². The monoisotopic (exact) mass is 284 g/mol. The second-order valence-electron chi connectivity index (χ2n) is 4.19. The van der Waals surface area contributed by atoms with Crippen molar-refractivity contribution in [2.75, 3.05) is 6.61 Å². The van der Waals surface area contributed by atoms with Crippen LogP contribution in [0.15, 0.2) is 30.3 Å². The van der Waals surface area contributed by atoms with Crippen LogP contribution in [0.3, 0.4) is 0 Å². The van der Waals surface area contributed by atoms with Crippen LogP contribution in [0, 0.1) is 0 Å². The molecule has 2 atom stereocenters. The quantitative estimate of drug-likeness (QED) is 0.569. The van der Waals surface area contributed by atoms with Gasteiger partial charge < -0.3 is 9.26 Å². The standard InChI is InChI=1S/C14H21O4P/c1-4-9-14(15)18-12(3)19(16,17-5-2)13-10-7-6-8-11-13/h6-8,10-12H,4-5,9H2,1-3H3. The molecule has 1 aromatic carbocycles. The van der Waals surface area contributed by atoms with Crippen LogP contribution in [0.25, 0.3) is 0 Å². The fraction of sp³-hybridized carbons (Fsp3) is 0.500. The number of carbonyl (C=O) groups is 1. The molecule has 0 aliphatic carbocycles. The van der Waals surface area contributed by atoms with E-state index in [-0.39, 0.29) is 5.97 Å². The molecule has 0 aromatic heterocycles. The number of hydrogen-bond donors (Lipinski definition) is 0. The van der Waals surface area contributed by atoms with Gasteiger partial charge in [-0.3, -0.25) is 9.36 Å². The maximum absolute atomic E-state index is 13.0. The Bertz CT molecular complexity index is 444. The largest absolute Gasteiger partial charge is 0.452 e. The van der Waals surface area contributed by atoms with Gasteiger partial charge in [-0.2, -0.15) is 0 Å². The fourth-order valence-electron chi connectivity index (χ4n) is 1.74. The summed E-state index contributed by atoms with van der Waals surface area (Å²) < 4.78 is 23.6. The summed E-state index contributed by atoms with van der Waals surface area (Å²) in [6.07, 6.45) is 1.03. The van der Waals surface area contributed by atoms with E-state index in [9.17, 15) is 9.36 Å². The molecule has 0 radical (unpaired) electrons. The lowest BCUT2D eigenvalue weighted by Gasteiger charge is -2.24. The summed E-state index contributed by atoms with van der Waals surface area (Å²) in [5.74, 6) is -1.11. The molecule has 0 N–H and O–H groups in total. The Morgan fingerprint density at radius 2 is 1.89 bits per heavy atom. The van der Waals surface area contributed by atoms with Crippen molar-refractivity contribution >= 4 is 18.6 Å². The van der Waals surface area contributed by atoms with Crippen LogP contribution in [-0.2, 0) is 18.6 Å². The lowest BCUT2D eigenvalue weighted by Crippen LogP contribution is -2.22. The molecule has 1 aromatic rings. The SMILES string of the molecule is CCCC(=O)OC(C)P(=O)(OCC)c1ccccc1. The van der Waals surface area contributed by atoms with Gasteiger partial charge in [-0.25, -0.2) is 0 Å². The van der Waals surface area contributed by atoms with E-state index in [4.69, 9.17) is 9.26 Å². The maximum Gasteiger partial charge on any atom is 0.306 e. The van der Waals surface area contributed by atoms with E-state index in [1.807, 2.05) is 13.0 Å². The summed E-state index contributed by atoms with van der Waals surface area (Å²) >= 11 is 0. The molecule has 0 heterocycles. The first-order valence-electron chi connectivity index (χ1n) is 6.54. The van der Waals surface area contributed by atoms with Crippen LogP contribution in [-0.4, -0.2) is 18.4 Å². The van der Waals surface area contributed by atoms with Crippen LogP contribution < -0.4 is 5.30 Å². The van der Waals surface area contributed by atoms with Gasteiger partial charge in [0, 0.05) is 11.7 Å². The molecule has 0 amide bonds. The van der Waals surface area contributed by atoms with E-state index in [0.29, 0.717) is 24.8 Å². The third kappa shape index (κ3) is 4.19. The summed E-state index contributed by atoms with van der Waals surface area (Å²) in [6.45, 7) is 5.60. The Morgan fingerprint density at radius 3 is 2.42 bits per heavy atom. The molecular weight excluding hydrogens is 263 g/mol. The predicted molar refractivity (Wildman–Crippen MR) is 75.8 cm³/mol. The first-order valence-corrected chi connectivity index (χ1v) is 8.23. The molecule has 0 bridgehead atoms. The Hall–Kier alpha value is -1.12. The van der Waals surface area contributed by atoms with Gasteiger partial charge in [0.15, 0.2) is 5.85 Å². The van der Waals surface area contributed by atoms with Gasteiger partial charge >= 0.3 is 5.97 Å². The molecule has 5 heteroatoms. The van der Waals surface area contributed by atoms with Crippen LogP contribution >= 0.6 is 7.37 Å². The lowest BCUT2D eigenvalue weighted by atomic mass is 10.3. The van der Waals surface area contributed by atoms with E-state index in [2.05, 4.69) is 0 Å². The normalized spacial score (nSPS) is 15.5. The average Bonchev–Trinajstić information content (AvgIpc) is 2.40. The number of benzene rings is 1. The van der Waals surface area contributed by atoms with Gasteiger partial charge in [0.1, 0.15) is 0 Å². The van der Waals surface area contributed by atoms with Gasteiger partial charge in [0.25, 0.3) is 7.37 Å². The van der Waals surface area contributed by atoms with Gasteiger partial charge in [-0.05, 0) is 32.4 Å². The lowest BCUT2D eigenvalue weighted by molar-refractivity contribution is -0.145. The molecule has 0 saturated carbocycles. The van der Waals surface area contributed by atoms with Crippen LogP contribution in [0.4, 0.5) is 0 Å². The molecule has 0 spiro atoms. The second-order valence-corrected chi connectivity index (χ2v) is 6.89. The number of hydrogen-bond acceptors (Lipinski definition) is 4. The zero-order valence-corrected chi connectivity index (χ0v) is 12.6. The summed E-state index contributed by atoms with van der Waals surface area (Å²) in [7, 11) is -3.18. The predicted octanol–water partition coefficient (Wildman–Crippen LogP) is 3.32. The maximum atomic E-state index is 13.0. The molecule has 0 aliphatic heterocycles. The highest BCUT2D eigenvalue weighted by Gasteiger charge is 2.35. The zero-order valence-electron chi connectivity index (χ0n) is 11.7. The minimum Gasteiger partial charge on any atom is -0.452 e. The van der Waals surface area contributed by atoms with Crippen molar-refractivity contribution in [2.45, 2.75) is 39.5 Å². The minimum atomic E-state index is -3.18. The van der Waals surface area contributed by atoms with E-state index >= 15 is 0 Å². The van der Waals surface area contributed by atoms with E-state index in [1.165, 1.54) is 0 Å².